The van der Waals surface area contributed by atoms with Gasteiger partial charge in [-0.25, -0.2) is 4.79 Å². The van der Waals surface area contributed by atoms with Crippen LogP contribution in [0, 0.1) is 11.8 Å². The third-order valence-electron chi connectivity index (χ3n) is 5.98. The van der Waals surface area contributed by atoms with Crippen LogP contribution in [0.3, 0.4) is 0 Å². The molecule has 4 rings (SSSR count). The van der Waals surface area contributed by atoms with Gasteiger partial charge >= 0.3 is 6.09 Å². The SMILES string of the molecule is C=C(c1cccc(C(=C)C2CC2)c1N(C(=O)O)C(C)c1ccccc1)C1CC1. The van der Waals surface area contributed by atoms with Crippen LogP contribution in [0.5, 0.6) is 0 Å². The summed E-state index contributed by atoms with van der Waals surface area (Å²) in [5.74, 6) is 0.928. The topological polar surface area (TPSA) is 40.5 Å². The summed E-state index contributed by atoms with van der Waals surface area (Å²) in [6, 6.07) is 15.6. The number of amides is 1. The molecule has 1 amide bonds. The molecule has 0 bridgehead atoms. The monoisotopic (exact) mass is 373 g/mol. The van der Waals surface area contributed by atoms with Gasteiger partial charge in [-0.3, -0.25) is 4.90 Å². The van der Waals surface area contributed by atoms with Crippen molar-refractivity contribution in [1.29, 1.82) is 0 Å². The molecule has 2 aromatic carbocycles. The minimum atomic E-state index is -0.947. The highest BCUT2D eigenvalue weighted by atomic mass is 16.4. The number of hydrogen-bond donors (Lipinski definition) is 1. The van der Waals surface area contributed by atoms with Crippen molar-refractivity contribution in [3.8, 4) is 0 Å². The fraction of sp³-hybridized carbons (Fsp3) is 0.320. The summed E-state index contributed by atoms with van der Waals surface area (Å²) >= 11 is 0. The molecule has 2 saturated carbocycles. The number of carbonyl (C=O) groups is 1. The van der Waals surface area contributed by atoms with Gasteiger partial charge < -0.3 is 5.11 Å². The Labute approximate surface area is 167 Å². The Morgan fingerprint density at radius 2 is 1.43 bits per heavy atom. The van der Waals surface area contributed by atoms with E-state index in [1.165, 1.54) is 4.90 Å². The van der Waals surface area contributed by atoms with Crippen molar-refractivity contribution in [2.45, 2.75) is 38.6 Å². The van der Waals surface area contributed by atoms with Crippen LogP contribution < -0.4 is 4.90 Å². The van der Waals surface area contributed by atoms with Gasteiger partial charge in [0, 0.05) is 11.1 Å². The highest BCUT2D eigenvalue weighted by molar-refractivity contribution is 5.97. The Kier molecular flexibility index (Phi) is 4.84. The highest BCUT2D eigenvalue weighted by Crippen LogP contribution is 2.49. The number of allylic oxidation sites excluding steroid dienone is 2. The molecule has 0 aromatic heterocycles. The zero-order chi connectivity index (χ0) is 19.8. The van der Waals surface area contributed by atoms with E-state index in [-0.39, 0.29) is 6.04 Å². The Morgan fingerprint density at radius 3 is 1.86 bits per heavy atom. The smallest absolute Gasteiger partial charge is 0.412 e. The number of hydrogen-bond acceptors (Lipinski definition) is 1. The average Bonchev–Trinajstić information content (AvgIpc) is 3.59. The van der Waals surface area contributed by atoms with E-state index in [0.717, 1.165) is 59.2 Å². The molecule has 0 aliphatic heterocycles. The average molecular weight is 373 g/mol. The summed E-state index contributed by atoms with van der Waals surface area (Å²) in [5, 5.41) is 10.2. The summed E-state index contributed by atoms with van der Waals surface area (Å²) < 4.78 is 0. The van der Waals surface area contributed by atoms with E-state index in [0.29, 0.717) is 11.8 Å². The molecule has 0 spiro atoms. The second-order valence-electron chi connectivity index (χ2n) is 8.04. The molecule has 1 unspecified atom stereocenters. The molecule has 3 heteroatoms. The summed E-state index contributed by atoms with van der Waals surface area (Å²) in [6.45, 7) is 10.6. The quantitative estimate of drug-likeness (QED) is 0.581. The predicted octanol–water partition coefficient (Wildman–Crippen LogP) is 6.78. The van der Waals surface area contributed by atoms with E-state index in [9.17, 15) is 9.90 Å². The van der Waals surface area contributed by atoms with E-state index in [1.807, 2.05) is 55.5 Å². The lowest BCUT2D eigenvalue weighted by Crippen LogP contribution is -2.33. The number of nitrogens with zero attached hydrogens (tertiary/aromatic N) is 1. The van der Waals surface area contributed by atoms with Gasteiger partial charge in [0.1, 0.15) is 0 Å². The van der Waals surface area contributed by atoms with Crippen molar-refractivity contribution in [2.24, 2.45) is 11.8 Å². The lowest BCUT2D eigenvalue weighted by molar-refractivity contribution is 0.199. The molecule has 2 aliphatic rings. The Morgan fingerprint density at radius 1 is 0.929 bits per heavy atom. The van der Waals surface area contributed by atoms with E-state index < -0.39 is 6.09 Å². The Hall–Kier alpha value is -2.81. The van der Waals surface area contributed by atoms with Gasteiger partial charge in [-0.1, -0.05) is 61.7 Å². The van der Waals surface area contributed by atoms with Crippen molar-refractivity contribution in [3.05, 3.63) is 78.4 Å². The summed E-state index contributed by atoms with van der Waals surface area (Å²) in [6.07, 6.45) is 3.58. The molecule has 1 N–H and O–H groups in total. The maximum Gasteiger partial charge on any atom is 0.412 e. The second kappa shape index (κ2) is 7.31. The largest absolute Gasteiger partial charge is 0.465 e. The predicted molar refractivity (Wildman–Crippen MR) is 115 cm³/mol. The molecule has 2 fully saturated rings. The van der Waals surface area contributed by atoms with Crippen LogP contribution in [0.4, 0.5) is 10.5 Å². The molecule has 2 aliphatic carbocycles. The molecule has 0 heterocycles. The molecule has 0 radical (unpaired) electrons. The zero-order valence-electron chi connectivity index (χ0n) is 16.4. The van der Waals surface area contributed by atoms with E-state index in [1.54, 1.807) is 0 Å². The van der Waals surface area contributed by atoms with Crippen molar-refractivity contribution in [3.63, 3.8) is 0 Å². The lowest BCUT2D eigenvalue weighted by Gasteiger charge is -2.32. The molecular weight excluding hydrogens is 346 g/mol. The number of carboxylic acid groups (broad SMARTS) is 1. The van der Waals surface area contributed by atoms with Crippen molar-refractivity contribution < 1.29 is 9.90 Å². The van der Waals surface area contributed by atoms with Crippen LogP contribution in [0.1, 0.15) is 55.3 Å². The zero-order valence-corrected chi connectivity index (χ0v) is 16.4. The van der Waals surface area contributed by atoms with Gasteiger partial charge in [-0.05, 0) is 61.2 Å². The van der Waals surface area contributed by atoms with Gasteiger partial charge in [-0.2, -0.15) is 0 Å². The first-order valence-electron chi connectivity index (χ1n) is 10.1. The van der Waals surface area contributed by atoms with Crippen LogP contribution in [-0.2, 0) is 0 Å². The summed E-state index contributed by atoms with van der Waals surface area (Å²) in [5.41, 5.74) is 5.72. The molecule has 2 aromatic rings. The van der Waals surface area contributed by atoms with Gasteiger partial charge in [0.25, 0.3) is 0 Å². The normalized spacial score (nSPS) is 17.0. The van der Waals surface area contributed by atoms with Gasteiger partial charge in [0.15, 0.2) is 0 Å². The van der Waals surface area contributed by atoms with Crippen LogP contribution in [-0.4, -0.2) is 11.2 Å². The van der Waals surface area contributed by atoms with Gasteiger partial charge in [-0.15, -0.1) is 0 Å². The minimum absolute atomic E-state index is 0.308. The Bertz CT molecular complexity index is 881. The number of rotatable bonds is 7. The Balaban J connectivity index is 1.87. The minimum Gasteiger partial charge on any atom is -0.465 e. The lowest BCUT2D eigenvalue weighted by atomic mass is 9.91. The fourth-order valence-corrected chi connectivity index (χ4v) is 3.96. The number of para-hydroxylation sites is 1. The molecule has 28 heavy (non-hydrogen) atoms. The molecular formula is C25H27NO2. The molecule has 0 saturated heterocycles. The first-order chi connectivity index (χ1) is 13.5. The van der Waals surface area contributed by atoms with E-state index >= 15 is 0 Å². The fourth-order valence-electron chi connectivity index (χ4n) is 3.96. The molecule has 3 nitrogen and oxygen atoms in total. The van der Waals surface area contributed by atoms with Crippen molar-refractivity contribution >= 4 is 22.9 Å². The summed E-state index contributed by atoms with van der Waals surface area (Å²) in [7, 11) is 0. The van der Waals surface area contributed by atoms with Gasteiger partial charge in [0.2, 0.25) is 0 Å². The second-order valence-corrected chi connectivity index (χ2v) is 8.04. The third kappa shape index (κ3) is 3.49. The first kappa shape index (κ1) is 18.5. The molecule has 1 atom stereocenters. The third-order valence-corrected chi connectivity index (χ3v) is 5.98. The van der Waals surface area contributed by atoms with E-state index in [2.05, 4.69) is 13.2 Å². The van der Waals surface area contributed by atoms with Gasteiger partial charge in [0.05, 0.1) is 11.7 Å². The van der Waals surface area contributed by atoms with Crippen LogP contribution in [0.25, 0.3) is 11.1 Å². The first-order valence-corrected chi connectivity index (χ1v) is 10.1. The standard InChI is InChI=1S/C25H27NO2/c1-16(19-12-13-19)22-10-7-11-23(17(2)20-14-15-20)24(22)26(25(27)28)18(3)21-8-5-4-6-9-21/h4-11,18-20H,1-2,12-15H2,3H3,(H,27,28). The highest BCUT2D eigenvalue weighted by Gasteiger charge is 2.35. The maximum absolute atomic E-state index is 12.5. The van der Waals surface area contributed by atoms with Crippen LogP contribution in [0.15, 0.2) is 61.7 Å². The molecule has 144 valence electrons. The van der Waals surface area contributed by atoms with Crippen molar-refractivity contribution in [1.82, 2.24) is 0 Å². The maximum atomic E-state index is 12.5. The van der Waals surface area contributed by atoms with E-state index in [4.69, 9.17) is 0 Å². The van der Waals surface area contributed by atoms with Crippen LogP contribution >= 0.6 is 0 Å². The van der Waals surface area contributed by atoms with Crippen molar-refractivity contribution in [2.75, 3.05) is 4.90 Å². The van der Waals surface area contributed by atoms with Crippen LogP contribution in [0.2, 0.25) is 0 Å². The number of anilines is 1. The number of benzene rings is 2. The summed E-state index contributed by atoms with van der Waals surface area (Å²) in [4.78, 5) is 14.0.